The van der Waals surface area contributed by atoms with Crippen LogP contribution in [0.25, 0.3) is 0 Å². The van der Waals surface area contributed by atoms with E-state index in [-0.39, 0.29) is 24.9 Å². The number of nitrogens with two attached hydrogens (primary N) is 1. The van der Waals surface area contributed by atoms with Crippen molar-refractivity contribution in [2.75, 3.05) is 26.7 Å². The number of likely N-dealkylation sites (N-methyl/N-ethyl adjacent to an activating group) is 1. The van der Waals surface area contributed by atoms with Gasteiger partial charge in [-0.2, -0.15) is 0 Å². The number of carbonyl (C=O) groups is 2. The highest BCUT2D eigenvalue weighted by atomic mass is 16.5. The third-order valence-corrected chi connectivity index (χ3v) is 7.23. The molecule has 3 amide bonds. The van der Waals surface area contributed by atoms with Crippen molar-refractivity contribution in [3.05, 3.63) is 29.3 Å². The molecule has 0 bridgehead atoms. The van der Waals surface area contributed by atoms with Gasteiger partial charge in [-0.25, -0.2) is 4.79 Å². The molecule has 188 valence electrons. The number of hydrogen-bond acceptors (Lipinski definition) is 5. The summed E-state index contributed by atoms with van der Waals surface area (Å²) in [5.74, 6) is 0.322. The van der Waals surface area contributed by atoms with Crippen molar-refractivity contribution in [2.45, 2.75) is 91.2 Å². The van der Waals surface area contributed by atoms with Crippen LogP contribution in [-0.4, -0.2) is 65.2 Å². The highest BCUT2D eigenvalue weighted by molar-refractivity contribution is 5.94. The molecule has 33 heavy (non-hydrogen) atoms. The van der Waals surface area contributed by atoms with E-state index < -0.39 is 17.0 Å². The minimum Gasteiger partial charge on any atom is -0.497 e. The molecule has 3 N–H and O–H groups in total. The van der Waals surface area contributed by atoms with Crippen LogP contribution in [0.2, 0.25) is 0 Å². The molecule has 1 aromatic carbocycles. The predicted molar refractivity (Wildman–Crippen MR) is 134 cm³/mol. The van der Waals surface area contributed by atoms with Gasteiger partial charge in [-0.3, -0.25) is 14.6 Å². The van der Waals surface area contributed by atoms with Gasteiger partial charge in [-0.15, -0.1) is 0 Å². The van der Waals surface area contributed by atoms with E-state index in [2.05, 4.69) is 11.8 Å². The minimum absolute atomic E-state index is 0.0101. The van der Waals surface area contributed by atoms with Gasteiger partial charge in [0.25, 0.3) is 0 Å². The number of likely N-dealkylation sites (tertiary alicyclic amines) is 1. The average molecular weight is 464 g/mol. The van der Waals surface area contributed by atoms with Gasteiger partial charge < -0.3 is 15.6 Å². The molecule has 1 saturated heterocycles. The number of imide groups is 1. The minimum atomic E-state index is -1.17. The number of primary amides is 1. The molecule has 2 rings (SSSR count). The quantitative estimate of drug-likeness (QED) is 0.601. The number of ether oxygens (including phenoxy) is 1. The summed E-state index contributed by atoms with van der Waals surface area (Å²) < 4.78 is 5.49. The second-order valence-electron chi connectivity index (χ2n) is 8.64. The fraction of sp³-hybridized carbons (Fsp3) is 0.692. The average Bonchev–Trinajstić information content (AvgIpc) is 2.79. The monoisotopic (exact) mass is 463 g/mol. The number of piperidine rings is 1. The lowest BCUT2D eigenvalue weighted by molar-refractivity contribution is -0.154. The SMILES string of the molecule is CC.CCCC1(O)C(C)N(CC)CCC1(CC(=O)N(CC)C(N)=O)c1cc(OC)ccc1C. The number of amides is 3. The van der Waals surface area contributed by atoms with Crippen LogP contribution < -0.4 is 10.5 Å². The number of carbonyl (C=O) groups excluding carboxylic acids is 2. The van der Waals surface area contributed by atoms with Crippen LogP contribution >= 0.6 is 0 Å². The molecule has 1 heterocycles. The molecule has 1 aliphatic rings. The second-order valence-corrected chi connectivity index (χ2v) is 8.64. The van der Waals surface area contributed by atoms with Gasteiger partial charge in [0.2, 0.25) is 5.91 Å². The van der Waals surface area contributed by atoms with E-state index in [1.807, 2.05) is 52.8 Å². The van der Waals surface area contributed by atoms with Crippen LogP contribution in [0, 0.1) is 6.92 Å². The van der Waals surface area contributed by atoms with E-state index in [0.29, 0.717) is 18.6 Å². The van der Waals surface area contributed by atoms with Crippen molar-refractivity contribution in [2.24, 2.45) is 5.73 Å². The Kier molecular flexibility index (Phi) is 10.8. The van der Waals surface area contributed by atoms with Gasteiger partial charge >= 0.3 is 6.03 Å². The van der Waals surface area contributed by atoms with Crippen molar-refractivity contribution < 1.29 is 19.4 Å². The number of nitrogens with zero attached hydrogens (tertiary/aromatic N) is 2. The molecule has 3 atom stereocenters. The zero-order chi connectivity index (χ0) is 25.4. The van der Waals surface area contributed by atoms with Gasteiger partial charge in [0.05, 0.1) is 12.7 Å². The Morgan fingerprint density at radius 1 is 1.27 bits per heavy atom. The number of benzene rings is 1. The van der Waals surface area contributed by atoms with Crippen LogP contribution in [0.4, 0.5) is 4.79 Å². The summed E-state index contributed by atoms with van der Waals surface area (Å²) in [6.45, 7) is 15.7. The van der Waals surface area contributed by atoms with Crippen molar-refractivity contribution in [3.8, 4) is 5.75 Å². The third kappa shape index (κ3) is 5.52. The molecule has 7 heteroatoms. The standard InChI is InChI=1S/C24H39N3O4.C2H6/c1-7-12-24(30)18(5)26(8-2)14-13-23(24,16-21(28)27(9-3)22(25)29)20-15-19(31-6)11-10-17(20)4;1-2/h10-11,15,18,30H,7-9,12-14,16H2,1-6H3,(H2,25,29);1-2H3. The Labute approximate surface area is 200 Å². The van der Waals surface area contributed by atoms with Crippen molar-refractivity contribution >= 4 is 11.9 Å². The first-order valence-corrected chi connectivity index (χ1v) is 12.3. The predicted octanol–water partition coefficient (Wildman–Crippen LogP) is 4.23. The number of aryl methyl sites for hydroxylation is 1. The van der Waals surface area contributed by atoms with Crippen LogP contribution in [-0.2, 0) is 10.2 Å². The zero-order valence-electron chi connectivity index (χ0n) is 21.9. The smallest absolute Gasteiger partial charge is 0.321 e. The van der Waals surface area contributed by atoms with E-state index in [4.69, 9.17) is 10.5 Å². The summed E-state index contributed by atoms with van der Waals surface area (Å²) in [4.78, 5) is 28.6. The molecular formula is C26H45N3O4. The van der Waals surface area contributed by atoms with Crippen LogP contribution in [0.15, 0.2) is 18.2 Å². The summed E-state index contributed by atoms with van der Waals surface area (Å²) >= 11 is 0. The highest BCUT2D eigenvalue weighted by Gasteiger charge is 2.59. The molecular weight excluding hydrogens is 418 g/mol. The fourth-order valence-corrected chi connectivity index (χ4v) is 5.46. The molecule has 0 saturated carbocycles. The summed E-state index contributed by atoms with van der Waals surface area (Å²) in [6.07, 6.45) is 1.91. The van der Waals surface area contributed by atoms with Crippen LogP contribution in [0.5, 0.6) is 5.75 Å². The molecule has 0 spiro atoms. The molecule has 0 aromatic heterocycles. The van der Waals surface area contributed by atoms with E-state index in [9.17, 15) is 14.7 Å². The Morgan fingerprint density at radius 3 is 2.39 bits per heavy atom. The Hall–Kier alpha value is -2.12. The van der Waals surface area contributed by atoms with E-state index in [0.717, 1.165) is 35.5 Å². The number of urea groups is 1. The van der Waals surface area contributed by atoms with Crippen LogP contribution in [0.1, 0.15) is 78.4 Å². The highest BCUT2D eigenvalue weighted by Crippen LogP contribution is 2.52. The van der Waals surface area contributed by atoms with Crippen molar-refractivity contribution in [1.29, 1.82) is 0 Å². The van der Waals surface area contributed by atoms with Gasteiger partial charge in [0.15, 0.2) is 0 Å². The Morgan fingerprint density at radius 2 is 1.91 bits per heavy atom. The van der Waals surface area contributed by atoms with Gasteiger partial charge in [0, 0.05) is 24.4 Å². The molecule has 1 fully saturated rings. The maximum absolute atomic E-state index is 13.3. The first-order valence-electron chi connectivity index (χ1n) is 12.3. The lowest BCUT2D eigenvalue weighted by Gasteiger charge is -2.58. The largest absolute Gasteiger partial charge is 0.497 e. The Bertz CT molecular complexity index is 800. The summed E-state index contributed by atoms with van der Waals surface area (Å²) in [7, 11) is 1.61. The molecule has 1 aliphatic heterocycles. The zero-order valence-corrected chi connectivity index (χ0v) is 21.9. The summed E-state index contributed by atoms with van der Waals surface area (Å²) in [5.41, 5.74) is 5.34. The lowest BCUT2D eigenvalue weighted by Crippen LogP contribution is -2.68. The first kappa shape index (κ1) is 28.9. The molecule has 1 aromatic rings. The van der Waals surface area contributed by atoms with E-state index in [1.54, 1.807) is 14.0 Å². The van der Waals surface area contributed by atoms with Gasteiger partial charge in [-0.05, 0) is 70.0 Å². The molecule has 0 aliphatic carbocycles. The molecule has 0 radical (unpaired) electrons. The van der Waals surface area contributed by atoms with Crippen LogP contribution in [0.3, 0.4) is 0 Å². The fourth-order valence-electron chi connectivity index (χ4n) is 5.46. The number of methoxy groups -OCH3 is 1. The normalized spacial score (nSPS) is 25.1. The Balaban J connectivity index is 0.00000265. The first-order chi connectivity index (χ1) is 15.6. The second kappa shape index (κ2) is 12.4. The number of hydrogen-bond donors (Lipinski definition) is 2. The van der Waals surface area contributed by atoms with E-state index >= 15 is 0 Å². The summed E-state index contributed by atoms with van der Waals surface area (Å²) in [6, 6.07) is 4.88. The van der Waals surface area contributed by atoms with Gasteiger partial charge in [-0.1, -0.05) is 40.2 Å². The number of rotatable bonds is 8. The van der Waals surface area contributed by atoms with Crippen molar-refractivity contribution in [1.82, 2.24) is 9.80 Å². The van der Waals surface area contributed by atoms with Crippen molar-refractivity contribution in [3.63, 3.8) is 0 Å². The van der Waals surface area contributed by atoms with E-state index in [1.165, 1.54) is 0 Å². The maximum atomic E-state index is 13.3. The third-order valence-electron chi connectivity index (χ3n) is 7.23. The number of aliphatic hydroxyl groups is 1. The lowest BCUT2D eigenvalue weighted by atomic mass is 9.56. The topological polar surface area (TPSA) is 96.1 Å². The maximum Gasteiger partial charge on any atom is 0.321 e. The van der Waals surface area contributed by atoms with Gasteiger partial charge in [0.1, 0.15) is 5.75 Å². The molecule has 7 nitrogen and oxygen atoms in total. The summed E-state index contributed by atoms with van der Waals surface area (Å²) in [5, 5.41) is 12.4. The molecule has 3 unspecified atom stereocenters.